The van der Waals surface area contributed by atoms with E-state index in [1.165, 1.54) is 18.2 Å². The van der Waals surface area contributed by atoms with Gasteiger partial charge in [0.05, 0.1) is 5.02 Å². The third-order valence-electron chi connectivity index (χ3n) is 3.54. The van der Waals surface area contributed by atoms with Gasteiger partial charge in [0.15, 0.2) is 13.2 Å². The van der Waals surface area contributed by atoms with Crippen LogP contribution in [0.2, 0.25) is 5.02 Å². The fraction of sp³-hybridized carbons (Fsp3) is 0.263. The molecule has 2 aromatic carbocycles. The molecule has 6 nitrogen and oxygen atoms in total. The Morgan fingerprint density at radius 2 is 1.79 bits per heavy atom. The molecule has 28 heavy (non-hydrogen) atoms. The number of carbonyl (C=O) groups excluding carboxylic acids is 2. The van der Waals surface area contributed by atoms with Crippen molar-refractivity contribution in [2.45, 2.75) is 20.5 Å². The molecule has 2 rings (SSSR count). The number of hydrogen-bond acceptors (Lipinski definition) is 5. The fourth-order valence-electron chi connectivity index (χ4n) is 2.31. The summed E-state index contributed by atoms with van der Waals surface area (Å²) in [5, 5.41) is 2.33. The van der Waals surface area contributed by atoms with Crippen LogP contribution in [0.4, 0.5) is 14.5 Å². The SMILES string of the molecule is Cc1cccc(C)c1OCC(=O)OCC(=O)Nc1ccc(OC(F)F)c(Cl)c1. The molecule has 1 N–H and O–H groups in total. The molecule has 1 amide bonds. The quantitative estimate of drug-likeness (QED) is 0.659. The summed E-state index contributed by atoms with van der Waals surface area (Å²) in [6.45, 7) is -0.192. The molecule has 9 heteroatoms. The van der Waals surface area contributed by atoms with E-state index in [9.17, 15) is 18.4 Å². The van der Waals surface area contributed by atoms with E-state index in [4.69, 9.17) is 21.1 Å². The Labute approximate surface area is 165 Å². The van der Waals surface area contributed by atoms with E-state index in [-0.39, 0.29) is 23.1 Å². The molecule has 0 unspecified atom stereocenters. The number of ether oxygens (including phenoxy) is 3. The molecule has 0 atom stereocenters. The van der Waals surface area contributed by atoms with Crippen LogP contribution in [-0.2, 0) is 14.3 Å². The van der Waals surface area contributed by atoms with Gasteiger partial charge in [-0.05, 0) is 43.2 Å². The van der Waals surface area contributed by atoms with Gasteiger partial charge in [0, 0.05) is 5.69 Å². The van der Waals surface area contributed by atoms with E-state index in [2.05, 4.69) is 10.1 Å². The van der Waals surface area contributed by atoms with Crippen molar-refractivity contribution in [3.8, 4) is 11.5 Å². The number of nitrogens with one attached hydrogen (secondary N) is 1. The first-order valence-corrected chi connectivity index (χ1v) is 8.53. The third kappa shape index (κ3) is 6.38. The first-order valence-electron chi connectivity index (χ1n) is 8.15. The van der Waals surface area contributed by atoms with Crippen molar-refractivity contribution in [1.82, 2.24) is 0 Å². The summed E-state index contributed by atoms with van der Waals surface area (Å²) in [6, 6.07) is 9.33. The van der Waals surface area contributed by atoms with Crippen LogP contribution in [-0.4, -0.2) is 31.7 Å². The number of esters is 1. The predicted molar refractivity (Wildman–Crippen MR) is 99.1 cm³/mol. The van der Waals surface area contributed by atoms with Crippen LogP contribution in [0.15, 0.2) is 36.4 Å². The van der Waals surface area contributed by atoms with E-state index in [1.807, 2.05) is 32.0 Å². The first-order chi connectivity index (χ1) is 13.3. The van der Waals surface area contributed by atoms with Gasteiger partial charge in [0.25, 0.3) is 5.91 Å². The summed E-state index contributed by atoms with van der Waals surface area (Å²) in [7, 11) is 0. The summed E-state index contributed by atoms with van der Waals surface area (Å²) in [4.78, 5) is 23.6. The van der Waals surface area contributed by atoms with E-state index >= 15 is 0 Å². The van der Waals surface area contributed by atoms with Gasteiger partial charge in [0.2, 0.25) is 0 Å². The lowest BCUT2D eigenvalue weighted by Crippen LogP contribution is -2.23. The summed E-state index contributed by atoms with van der Waals surface area (Å²) >= 11 is 5.80. The van der Waals surface area contributed by atoms with Gasteiger partial charge in [-0.2, -0.15) is 8.78 Å². The van der Waals surface area contributed by atoms with Crippen molar-refractivity contribution in [2.75, 3.05) is 18.5 Å². The van der Waals surface area contributed by atoms with Gasteiger partial charge in [0.1, 0.15) is 11.5 Å². The lowest BCUT2D eigenvalue weighted by atomic mass is 10.1. The Balaban J connectivity index is 1.80. The highest BCUT2D eigenvalue weighted by Gasteiger charge is 2.13. The number of benzene rings is 2. The first kappa shape index (κ1) is 21.4. The zero-order valence-electron chi connectivity index (χ0n) is 15.1. The third-order valence-corrected chi connectivity index (χ3v) is 3.83. The molecule has 0 aliphatic rings. The van der Waals surface area contributed by atoms with Gasteiger partial charge < -0.3 is 19.5 Å². The van der Waals surface area contributed by atoms with Crippen LogP contribution in [0.25, 0.3) is 0 Å². The average molecular weight is 414 g/mol. The smallest absolute Gasteiger partial charge is 0.387 e. The number of alkyl halides is 2. The van der Waals surface area contributed by atoms with Crippen molar-refractivity contribution in [1.29, 1.82) is 0 Å². The van der Waals surface area contributed by atoms with Gasteiger partial charge >= 0.3 is 12.6 Å². The number of carbonyl (C=O) groups is 2. The largest absolute Gasteiger partial charge is 0.481 e. The Morgan fingerprint density at radius 3 is 2.39 bits per heavy atom. The maximum Gasteiger partial charge on any atom is 0.387 e. The molecule has 0 bridgehead atoms. The molecule has 0 fully saturated rings. The maximum absolute atomic E-state index is 12.2. The Kier molecular flexibility index (Phi) is 7.57. The topological polar surface area (TPSA) is 73.9 Å². The number of aryl methyl sites for hydroxylation is 2. The van der Waals surface area contributed by atoms with Crippen LogP contribution in [0, 0.1) is 13.8 Å². The highest BCUT2D eigenvalue weighted by Crippen LogP contribution is 2.29. The minimum Gasteiger partial charge on any atom is -0.481 e. The highest BCUT2D eigenvalue weighted by molar-refractivity contribution is 6.32. The van der Waals surface area contributed by atoms with Crippen LogP contribution >= 0.6 is 11.6 Å². The van der Waals surface area contributed by atoms with Crippen molar-refractivity contribution in [2.24, 2.45) is 0 Å². The van der Waals surface area contributed by atoms with Gasteiger partial charge in [-0.25, -0.2) is 4.79 Å². The average Bonchev–Trinajstić information content (AvgIpc) is 2.61. The highest BCUT2D eigenvalue weighted by atomic mass is 35.5. The predicted octanol–water partition coefficient (Wildman–Crippen LogP) is 4.12. The molecule has 0 spiro atoms. The van der Waals surface area contributed by atoms with Crippen LogP contribution in [0.5, 0.6) is 11.5 Å². The zero-order chi connectivity index (χ0) is 20.7. The molecule has 0 aliphatic carbocycles. The van der Waals surface area contributed by atoms with Gasteiger partial charge in [-0.3, -0.25) is 4.79 Å². The molecule has 0 saturated carbocycles. The normalized spacial score (nSPS) is 10.5. The molecular weight excluding hydrogens is 396 g/mol. The second-order valence-electron chi connectivity index (χ2n) is 5.74. The number of hydrogen-bond donors (Lipinski definition) is 1. The van der Waals surface area contributed by atoms with Crippen molar-refractivity contribution in [3.63, 3.8) is 0 Å². The van der Waals surface area contributed by atoms with E-state index in [0.29, 0.717) is 5.75 Å². The minimum absolute atomic E-state index is 0.0999. The molecular formula is C19H18ClF2NO5. The number of anilines is 1. The van der Waals surface area contributed by atoms with E-state index in [1.54, 1.807) is 0 Å². The van der Waals surface area contributed by atoms with E-state index in [0.717, 1.165) is 11.1 Å². The summed E-state index contributed by atoms with van der Waals surface area (Å²) in [6.07, 6.45) is 0. The number of halogens is 3. The minimum atomic E-state index is -3.01. The Morgan fingerprint density at radius 1 is 1.11 bits per heavy atom. The number of amides is 1. The van der Waals surface area contributed by atoms with Crippen LogP contribution in [0.1, 0.15) is 11.1 Å². The molecule has 0 radical (unpaired) electrons. The number of rotatable bonds is 8. The lowest BCUT2D eigenvalue weighted by Gasteiger charge is -2.12. The van der Waals surface area contributed by atoms with Crippen LogP contribution < -0.4 is 14.8 Å². The molecule has 0 aliphatic heterocycles. The van der Waals surface area contributed by atoms with Crippen molar-refractivity contribution in [3.05, 3.63) is 52.5 Å². The second-order valence-corrected chi connectivity index (χ2v) is 6.15. The van der Waals surface area contributed by atoms with E-state index < -0.39 is 25.1 Å². The second kappa shape index (κ2) is 9.89. The molecule has 150 valence electrons. The Hall–Kier alpha value is -2.87. The molecule has 0 heterocycles. The van der Waals surface area contributed by atoms with Crippen molar-refractivity contribution < 1.29 is 32.6 Å². The molecule has 0 aromatic heterocycles. The Bertz CT molecular complexity index is 840. The molecule has 0 saturated heterocycles. The van der Waals surface area contributed by atoms with Gasteiger partial charge in [-0.1, -0.05) is 29.8 Å². The van der Waals surface area contributed by atoms with Crippen molar-refractivity contribution >= 4 is 29.2 Å². The lowest BCUT2D eigenvalue weighted by molar-refractivity contribution is -0.149. The standard InChI is InChI=1S/C19H18ClF2NO5/c1-11-4-3-5-12(2)18(11)27-10-17(25)26-9-16(24)23-13-6-7-15(14(20)8-13)28-19(21)22/h3-8,19H,9-10H2,1-2H3,(H,23,24). The summed E-state index contributed by atoms with van der Waals surface area (Å²) in [5.41, 5.74) is 1.99. The van der Waals surface area contributed by atoms with Crippen LogP contribution in [0.3, 0.4) is 0 Å². The summed E-state index contributed by atoms with van der Waals surface area (Å²) in [5.74, 6) is -0.968. The monoisotopic (exact) mass is 413 g/mol. The number of para-hydroxylation sites is 1. The molecule has 2 aromatic rings. The van der Waals surface area contributed by atoms with Gasteiger partial charge in [-0.15, -0.1) is 0 Å². The summed E-state index contributed by atoms with van der Waals surface area (Å²) < 4.78 is 38.9. The fourth-order valence-corrected chi connectivity index (χ4v) is 2.54. The maximum atomic E-state index is 12.2. The zero-order valence-corrected chi connectivity index (χ0v) is 15.9.